The van der Waals surface area contributed by atoms with Crippen LogP contribution >= 0.6 is 0 Å². The summed E-state index contributed by atoms with van der Waals surface area (Å²) < 4.78 is 13.7. The Morgan fingerprint density at radius 1 is 1.41 bits per heavy atom. The molecule has 0 bridgehead atoms. The lowest BCUT2D eigenvalue weighted by molar-refractivity contribution is 0.254. The first-order valence-corrected chi connectivity index (χ1v) is 7.91. The predicted octanol–water partition coefficient (Wildman–Crippen LogP) is 3.24. The maximum absolute atomic E-state index is 5.85. The first-order chi connectivity index (χ1) is 10.7. The summed E-state index contributed by atoms with van der Waals surface area (Å²) in [6, 6.07) is 4.14. The summed E-state index contributed by atoms with van der Waals surface area (Å²) in [7, 11) is 0. The third-order valence-corrected chi connectivity index (χ3v) is 3.88. The first-order valence-electron chi connectivity index (χ1n) is 7.91. The molecule has 1 atom stereocenters. The molecule has 1 aliphatic heterocycles. The second kappa shape index (κ2) is 6.30. The zero-order valence-electron chi connectivity index (χ0n) is 13.4. The number of imidazole rings is 1. The van der Waals surface area contributed by atoms with E-state index in [2.05, 4.69) is 34.8 Å². The highest BCUT2D eigenvalue weighted by molar-refractivity contribution is 5.63. The van der Waals surface area contributed by atoms with Crippen molar-refractivity contribution in [3.63, 3.8) is 0 Å². The van der Waals surface area contributed by atoms with E-state index in [0.717, 1.165) is 36.0 Å². The van der Waals surface area contributed by atoms with E-state index >= 15 is 0 Å². The van der Waals surface area contributed by atoms with Crippen molar-refractivity contribution in [2.45, 2.75) is 46.4 Å². The number of hydrogen-bond donors (Lipinski definition) is 1. The van der Waals surface area contributed by atoms with Gasteiger partial charge in [-0.15, -0.1) is 0 Å². The van der Waals surface area contributed by atoms with Gasteiger partial charge in [-0.25, -0.2) is 4.98 Å². The Hall–Kier alpha value is -2.17. The van der Waals surface area contributed by atoms with Crippen LogP contribution in [0.4, 0.5) is 5.69 Å². The van der Waals surface area contributed by atoms with Crippen molar-refractivity contribution in [3.8, 4) is 11.5 Å². The van der Waals surface area contributed by atoms with Gasteiger partial charge >= 0.3 is 0 Å². The topological polar surface area (TPSA) is 48.3 Å². The quantitative estimate of drug-likeness (QED) is 0.890. The molecule has 5 heteroatoms. The van der Waals surface area contributed by atoms with Crippen molar-refractivity contribution in [3.05, 3.63) is 35.9 Å². The molecule has 2 heterocycles. The van der Waals surface area contributed by atoms with E-state index in [4.69, 9.17) is 9.47 Å². The van der Waals surface area contributed by atoms with Crippen molar-refractivity contribution in [2.75, 3.05) is 11.9 Å². The molecular weight excluding hydrogens is 278 g/mol. The van der Waals surface area contributed by atoms with Gasteiger partial charge in [0.25, 0.3) is 0 Å². The van der Waals surface area contributed by atoms with Crippen LogP contribution in [0.1, 0.15) is 32.2 Å². The minimum absolute atomic E-state index is 0.235. The van der Waals surface area contributed by atoms with E-state index in [1.807, 2.05) is 25.4 Å². The summed E-state index contributed by atoms with van der Waals surface area (Å²) in [4.78, 5) is 4.39. The molecule has 0 fully saturated rings. The fourth-order valence-corrected chi connectivity index (χ4v) is 2.82. The van der Waals surface area contributed by atoms with Crippen molar-refractivity contribution in [1.82, 2.24) is 9.55 Å². The Kier molecular flexibility index (Phi) is 4.22. The molecular formula is C17H23N3O2. The second-order valence-corrected chi connectivity index (χ2v) is 5.50. The van der Waals surface area contributed by atoms with Gasteiger partial charge in [-0.1, -0.05) is 0 Å². The van der Waals surface area contributed by atoms with Crippen LogP contribution in [0.3, 0.4) is 0 Å². The molecule has 2 aromatic rings. The summed E-state index contributed by atoms with van der Waals surface area (Å²) in [5.74, 6) is 2.85. The molecule has 0 radical (unpaired) electrons. The molecule has 0 unspecified atom stereocenters. The number of benzene rings is 1. The largest absolute Gasteiger partial charge is 0.492 e. The van der Waals surface area contributed by atoms with E-state index in [0.29, 0.717) is 13.2 Å². The molecule has 1 N–H and O–H groups in total. The normalized spacial score (nSPS) is 16.2. The number of aromatic nitrogens is 2. The number of fused-ring (bicyclic) bond motifs is 1. The molecule has 0 saturated carbocycles. The maximum Gasteiger partial charge on any atom is 0.142 e. The Labute approximate surface area is 131 Å². The smallest absolute Gasteiger partial charge is 0.142 e. The minimum atomic E-state index is 0.235. The number of nitrogens with one attached hydrogen (secondary N) is 1. The van der Waals surface area contributed by atoms with Crippen LogP contribution < -0.4 is 14.8 Å². The third kappa shape index (κ3) is 2.89. The van der Waals surface area contributed by atoms with Crippen LogP contribution in [0.15, 0.2) is 24.5 Å². The Morgan fingerprint density at radius 3 is 3.05 bits per heavy atom. The predicted molar refractivity (Wildman–Crippen MR) is 86.6 cm³/mol. The summed E-state index contributed by atoms with van der Waals surface area (Å²) in [5, 5.41) is 3.43. The van der Waals surface area contributed by atoms with E-state index in [-0.39, 0.29) is 6.10 Å². The highest BCUT2D eigenvalue weighted by atomic mass is 16.5. The Bertz CT molecular complexity index is 651. The Balaban J connectivity index is 1.81. The van der Waals surface area contributed by atoms with Gasteiger partial charge in [-0.3, -0.25) is 0 Å². The average molecular weight is 301 g/mol. The molecule has 0 amide bonds. The van der Waals surface area contributed by atoms with Crippen LogP contribution in [-0.2, 0) is 19.5 Å². The van der Waals surface area contributed by atoms with Crippen LogP contribution in [0, 0.1) is 0 Å². The third-order valence-electron chi connectivity index (χ3n) is 3.88. The first kappa shape index (κ1) is 14.8. The zero-order chi connectivity index (χ0) is 15.5. The molecule has 0 spiro atoms. The van der Waals surface area contributed by atoms with Crippen molar-refractivity contribution in [1.29, 1.82) is 0 Å². The lowest BCUT2D eigenvalue weighted by Crippen LogP contribution is -2.09. The van der Waals surface area contributed by atoms with Gasteiger partial charge in [0.15, 0.2) is 0 Å². The summed E-state index contributed by atoms with van der Waals surface area (Å²) >= 11 is 0. The van der Waals surface area contributed by atoms with Gasteiger partial charge in [0, 0.05) is 37.0 Å². The van der Waals surface area contributed by atoms with Crippen LogP contribution in [0.5, 0.6) is 11.5 Å². The highest BCUT2D eigenvalue weighted by Gasteiger charge is 2.22. The minimum Gasteiger partial charge on any atom is -0.492 e. The van der Waals surface area contributed by atoms with Crippen LogP contribution in [0.25, 0.3) is 0 Å². The van der Waals surface area contributed by atoms with Gasteiger partial charge in [0.05, 0.1) is 18.8 Å². The van der Waals surface area contributed by atoms with Crippen LogP contribution in [-0.4, -0.2) is 22.3 Å². The van der Waals surface area contributed by atoms with Gasteiger partial charge in [-0.05, 0) is 26.8 Å². The van der Waals surface area contributed by atoms with Crippen molar-refractivity contribution < 1.29 is 9.47 Å². The molecule has 22 heavy (non-hydrogen) atoms. The summed E-state index contributed by atoms with van der Waals surface area (Å²) in [6.45, 7) is 8.43. The number of aryl methyl sites for hydroxylation is 1. The molecule has 1 aliphatic rings. The van der Waals surface area contributed by atoms with E-state index in [1.54, 1.807) is 0 Å². The van der Waals surface area contributed by atoms with Gasteiger partial charge in [-0.2, -0.15) is 0 Å². The van der Waals surface area contributed by atoms with Crippen molar-refractivity contribution >= 4 is 5.69 Å². The second-order valence-electron chi connectivity index (χ2n) is 5.50. The van der Waals surface area contributed by atoms with E-state index in [1.165, 1.54) is 5.56 Å². The lowest BCUT2D eigenvalue weighted by atomic mass is 10.1. The van der Waals surface area contributed by atoms with Crippen LogP contribution in [0.2, 0.25) is 0 Å². The number of anilines is 1. The van der Waals surface area contributed by atoms with Gasteiger partial charge < -0.3 is 19.4 Å². The number of rotatable bonds is 6. The number of ether oxygens (including phenoxy) is 2. The maximum atomic E-state index is 5.85. The monoisotopic (exact) mass is 301 g/mol. The van der Waals surface area contributed by atoms with E-state index < -0.39 is 0 Å². The average Bonchev–Trinajstić information content (AvgIpc) is 3.09. The summed E-state index contributed by atoms with van der Waals surface area (Å²) in [5.41, 5.74) is 2.18. The SMILES string of the molecule is CCOc1cc2c(cc1NCc1nccn1CC)O[C@H](C)C2. The molecule has 118 valence electrons. The molecule has 3 rings (SSSR count). The highest BCUT2D eigenvalue weighted by Crippen LogP contribution is 2.38. The Morgan fingerprint density at radius 2 is 2.27 bits per heavy atom. The van der Waals surface area contributed by atoms with E-state index in [9.17, 15) is 0 Å². The number of nitrogens with zero attached hydrogens (tertiary/aromatic N) is 2. The fraction of sp³-hybridized carbons (Fsp3) is 0.471. The standard InChI is InChI=1S/C17H23N3O2/c1-4-20-7-6-18-17(20)11-19-14-10-15-13(8-12(3)22-15)9-16(14)21-5-2/h6-7,9-10,12,19H,4-5,8,11H2,1-3H3/t12-/m1/s1. The van der Waals surface area contributed by atoms with Crippen molar-refractivity contribution in [2.24, 2.45) is 0 Å². The molecule has 0 aliphatic carbocycles. The molecule has 0 saturated heterocycles. The molecule has 1 aromatic heterocycles. The fourth-order valence-electron chi connectivity index (χ4n) is 2.82. The molecule has 1 aromatic carbocycles. The zero-order valence-corrected chi connectivity index (χ0v) is 13.4. The molecule has 5 nitrogen and oxygen atoms in total. The lowest BCUT2D eigenvalue weighted by Gasteiger charge is -2.14. The summed E-state index contributed by atoms with van der Waals surface area (Å²) in [6.07, 6.45) is 5.00. The van der Waals surface area contributed by atoms with Gasteiger partial charge in [0.2, 0.25) is 0 Å². The number of hydrogen-bond acceptors (Lipinski definition) is 4. The van der Waals surface area contributed by atoms with Gasteiger partial charge in [0.1, 0.15) is 23.4 Å².